The highest BCUT2D eigenvalue weighted by atomic mass is 35.5. The fourth-order valence-electron chi connectivity index (χ4n) is 3.69. The third-order valence-electron chi connectivity index (χ3n) is 5.17. The van der Waals surface area contributed by atoms with Gasteiger partial charge in [0, 0.05) is 31.2 Å². The normalized spacial score (nSPS) is 14.3. The Morgan fingerprint density at radius 2 is 1.94 bits per heavy atom. The standard InChI is InChI=1S/C19H23ClN4O4S2.ClH/c1-27-15-10-13-4-7-23(12-14(13)11-16(15)28-2)6-3-5-21-30(25,26)18-17(20)22-19-24(18)8-9-29-19;/h8-11,21H,3-7,12H2,1-2H3;1H. The molecule has 0 unspecified atom stereocenters. The second-order valence-corrected chi connectivity index (χ2v) is 9.93. The molecule has 0 amide bonds. The van der Waals surface area contributed by atoms with Crippen molar-refractivity contribution in [2.24, 2.45) is 0 Å². The van der Waals surface area contributed by atoms with Gasteiger partial charge in [0.2, 0.25) is 0 Å². The summed E-state index contributed by atoms with van der Waals surface area (Å²) in [7, 11) is -0.464. The van der Waals surface area contributed by atoms with E-state index in [0.29, 0.717) is 17.9 Å². The van der Waals surface area contributed by atoms with Gasteiger partial charge in [-0.15, -0.1) is 23.7 Å². The van der Waals surface area contributed by atoms with Crippen LogP contribution in [0.25, 0.3) is 4.96 Å². The molecule has 3 heterocycles. The largest absolute Gasteiger partial charge is 0.493 e. The maximum Gasteiger partial charge on any atom is 0.259 e. The van der Waals surface area contributed by atoms with E-state index in [1.807, 2.05) is 12.1 Å². The van der Waals surface area contributed by atoms with Gasteiger partial charge in [0.05, 0.1) is 14.2 Å². The van der Waals surface area contributed by atoms with Crippen LogP contribution in [0.4, 0.5) is 0 Å². The van der Waals surface area contributed by atoms with Crippen molar-refractivity contribution in [1.82, 2.24) is 19.0 Å². The number of ether oxygens (including phenoxy) is 2. The van der Waals surface area contributed by atoms with E-state index in [0.717, 1.165) is 37.6 Å². The summed E-state index contributed by atoms with van der Waals surface area (Å²) in [6.45, 7) is 2.82. The summed E-state index contributed by atoms with van der Waals surface area (Å²) in [5.41, 5.74) is 2.48. The first-order valence-electron chi connectivity index (χ1n) is 9.50. The number of hydrogen-bond acceptors (Lipinski definition) is 7. The number of hydrogen-bond donors (Lipinski definition) is 1. The van der Waals surface area contributed by atoms with Crippen LogP contribution >= 0.6 is 35.3 Å². The Hall–Kier alpha value is -1.56. The number of fused-ring (bicyclic) bond motifs is 2. The molecule has 1 aromatic carbocycles. The molecule has 0 aliphatic carbocycles. The van der Waals surface area contributed by atoms with E-state index < -0.39 is 10.0 Å². The van der Waals surface area contributed by atoms with Crippen LogP contribution in [0.2, 0.25) is 5.15 Å². The molecule has 0 atom stereocenters. The van der Waals surface area contributed by atoms with Crippen LogP contribution in [0.5, 0.6) is 11.5 Å². The fourth-order valence-corrected chi connectivity index (χ4v) is 6.21. The highest BCUT2D eigenvalue weighted by Gasteiger charge is 2.25. The van der Waals surface area contributed by atoms with E-state index in [4.69, 9.17) is 21.1 Å². The summed E-state index contributed by atoms with van der Waals surface area (Å²) in [4.78, 5) is 6.96. The number of nitrogens with zero attached hydrogens (tertiary/aromatic N) is 3. The molecule has 0 spiro atoms. The Balaban J connectivity index is 0.00000272. The van der Waals surface area contributed by atoms with Gasteiger partial charge < -0.3 is 9.47 Å². The van der Waals surface area contributed by atoms with Gasteiger partial charge in [-0.1, -0.05) is 11.6 Å². The summed E-state index contributed by atoms with van der Waals surface area (Å²) < 4.78 is 40.3. The fraction of sp³-hybridized carbons (Fsp3) is 0.421. The van der Waals surface area contributed by atoms with Crippen molar-refractivity contribution < 1.29 is 17.9 Å². The van der Waals surface area contributed by atoms with Crippen molar-refractivity contribution in [1.29, 1.82) is 0 Å². The average molecular weight is 507 g/mol. The van der Waals surface area contributed by atoms with Crippen LogP contribution in [-0.4, -0.2) is 56.6 Å². The lowest BCUT2D eigenvalue weighted by Gasteiger charge is -2.29. The van der Waals surface area contributed by atoms with Gasteiger partial charge in [-0.3, -0.25) is 9.30 Å². The van der Waals surface area contributed by atoms with E-state index in [9.17, 15) is 8.42 Å². The third kappa shape index (κ3) is 4.94. The number of rotatable bonds is 8. The topological polar surface area (TPSA) is 85.2 Å². The molecule has 4 rings (SSSR count). The average Bonchev–Trinajstić information content (AvgIpc) is 3.29. The molecule has 0 radical (unpaired) electrons. The van der Waals surface area contributed by atoms with Crippen LogP contribution < -0.4 is 14.2 Å². The minimum absolute atomic E-state index is 0. The number of halogens is 2. The van der Waals surface area contributed by atoms with Gasteiger partial charge in [-0.05, 0) is 42.6 Å². The molecule has 12 heteroatoms. The van der Waals surface area contributed by atoms with Crippen molar-refractivity contribution in [2.45, 2.75) is 24.4 Å². The zero-order valence-corrected chi connectivity index (χ0v) is 20.3. The van der Waals surface area contributed by atoms with Crippen molar-refractivity contribution in [3.63, 3.8) is 0 Å². The van der Waals surface area contributed by atoms with Crippen LogP contribution in [0, 0.1) is 0 Å². The second kappa shape index (κ2) is 9.93. The Labute approximate surface area is 196 Å². The molecule has 0 bridgehead atoms. The first-order chi connectivity index (χ1) is 14.4. The first-order valence-corrected chi connectivity index (χ1v) is 12.2. The number of sulfonamides is 1. The molecule has 0 fully saturated rings. The van der Waals surface area contributed by atoms with Gasteiger partial charge in [-0.2, -0.15) is 0 Å². The Morgan fingerprint density at radius 1 is 1.23 bits per heavy atom. The lowest BCUT2D eigenvalue weighted by Crippen LogP contribution is -2.34. The van der Waals surface area contributed by atoms with Gasteiger partial charge in [0.25, 0.3) is 10.0 Å². The van der Waals surface area contributed by atoms with Gasteiger partial charge in [-0.25, -0.2) is 18.1 Å². The summed E-state index contributed by atoms with van der Waals surface area (Å²) in [6, 6.07) is 4.07. The third-order valence-corrected chi connectivity index (χ3v) is 7.79. The zero-order chi connectivity index (χ0) is 21.3. The number of imidazole rings is 1. The molecule has 0 saturated carbocycles. The van der Waals surface area contributed by atoms with E-state index in [-0.39, 0.29) is 22.6 Å². The molecule has 1 aliphatic rings. The molecule has 1 aliphatic heterocycles. The summed E-state index contributed by atoms with van der Waals surface area (Å²) in [5, 5.41) is 1.76. The minimum atomic E-state index is -3.74. The van der Waals surface area contributed by atoms with Crippen LogP contribution in [0.3, 0.4) is 0 Å². The summed E-state index contributed by atoms with van der Waals surface area (Å²) >= 11 is 7.39. The molecule has 170 valence electrons. The van der Waals surface area contributed by atoms with Crippen molar-refractivity contribution in [3.8, 4) is 11.5 Å². The number of aromatic nitrogens is 2. The van der Waals surface area contributed by atoms with E-state index in [1.54, 1.807) is 25.8 Å². The number of methoxy groups -OCH3 is 2. The Morgan fingerprint density at radius 3 is 2.65 bits per heavy atom. The molecular weight excluding hydrogens is 483 g/mol. The second-order valence-electron chi connectivity index (χ2n) is 7.02. The maximum atomic E-state index is 12.7. The molecule has 1 N–H and O–H groups in total. The predicted octanol–water partition coefficient (Wildman–Crippen LogP) is 3.21. The lowest BCUT2D eigenvalue weighted by molar-refractivity contribution is 0.250. The SMILES string of the molecule is COc1cc2c(cc1OC)CN(CCCNS(=O)(=O)c1c(Cl)nc3sccn13)CC2.Cl. The monoisotopic (exact) mass is 506 g/mol. The molecule has 2 aromatic heterocycles. The van der Waals surface area contributed by atoms with Crippen molar-refractivity contribution >= 4 is 50.3 Å². The molecular formula is C19H24Cl2N4O4S2. The molecule has 3 aromatic rings. The van der Waals surface area contributed by atoms with Crippen molar-refractivity contribution in [2.75, 3.05) is 33.9 Å². The number of thiazole rings is 1. The first kappa shape index (κ1) is 24.1. The van der Waals surface area contributed by atoms with E-state index >= 15 is 0 Å². The summed E-state index contributed by atoms with van der Waals surface area (Å²) in [6.07, 6.45) is 3.26. The van der Waals surface area contributed by atoms with E-state index in [1.165, 1.54) is 26.9 Å². The highest BCUT2D eigenvalue weighted by Crippen LogP contribution is 2.33. The van der Waals surface area contributed by atoms with Gasteiger partial charge in [0.1, 0.15) is 0 Å². The maximum absolute atomic E-state index is 12.7. The smallest absolute Gasteiger partial charge is 0.259 e. The number of nitrogens with one attached hydrogen (secondary N) is 1. The predicted molar refractivity (Wildman–Crippen MR) is 124 cm³/mol. The van der Waals surface area contributed by atoms with Crippen molar-refractivity contribution in [3.05, 3.63) is 40.0 Å². The van der Waals surface area contributed by atoms with E-state index in [2.05, 4.69) is 14.6 Å². The summed E-state index contributed by atoms with van der Waals surface area (Å²) in [5.74, 6) is 1.47. The highest BCUT2D eigenvalue weighted by molar-refractivity contribution is 7.89. The van der Waals surface area contributed by atoms with Crippen LogP contribution in [-0.2, 0) is 23.0 Å². The molecule has 0 saturated heterocycles. The Bertz CT molecular complexity index is 1160. The van der Waals surface area contributed by atoms with Gasteiger partial charge in [0.15, 0.2) is 26.6 Å². The van der Waals surface area contributed by atoms with Crippen LogP contribution in [0.1, 0.15) is 17.5 Å². The molecule has 8 nitrogen and oxygen atoms in total. The zero-order valence-electron chi connectivity index (χ0n) is 17.1. The van der Waals surface area contributed by atoms with Crippen LogP contribution in [0.15, 0.2) is 28.7 Å². The quantitative estimate of drug-likeness (QED) is 0.472. The number of benzene rings is 1. The molecule has 31 heavy (non-hydrogen) atoms. The minimum Gasteiger partial charge on any atom is -0.493 e. The Kier molecular flexibility index (Phi) is 7.72. The van der Waals surface area contributed by atoms with Gasteiger partial charge >= 0.3 is 0 Å². The lowest BCUT2D eigenvalue weighted by atomic mass is 9.98.